The number of anilines is 1. The van der Waals surface area contributed by atoms with Gasteiger partial charge in [0.2, 0.25) is 5.91 Å². The van der Waals surface area contributed by atoms with Gasteiger partial charge in [0.05, 0.1) is 15.6 Å². The number of nitro groups is 1. The zero-order valence-electron chi connectivity index (χ0n) is 14.0. The molecule has 0 aliphatic carbocycles. The Morgan fingerprint density at radius 1 is 1.08 bits per heavy atom. The first-order valence-corrected chi connectivity index (χ1v) is 8.63. The van der Waals surface area contributed by atoms with Gasteiger partial charge >= 0.3 is 0 Å². The summed E-state index contributed by atoms with van der Waals surface area (Å²) in [5.74, 6) is -0.102. The van der Waals surface area contributed by atoms with Crippen molar-refractivity contribution in [2.45, 2.75) is 0 Å². The van der Waals surface area contributed by atoms with Gasteiger partial charge in [0.1, 0.15) is 0 Å². The Kier molecular flexibility index (Phi) is 5.53. The van der Waals surface area contributed by atoms with Gasteiger partial charge in [0.15, 0.2) is 0 Å². The van der Waals surface area contributed by atoms with Crippen molar-refractivity contribution in [3.05, 3.63) is 75.3 Å². The number of benzene rings is 2. The Hall–Kier alpha value is -2.86. The molecule has 0 aromatic heterocycles. The molecule has 1 aliphatic rings. The van der Waals surface area contributed by atoms with Gasteiger partial charge in [-0.15, -0.1) is 0 Å². The minimum atomic E-state index is -0.451. The lowest BCUT2D eigenvalue weighted by atomic mass is 10.2. The Balaban J connectivity index is 1.59. The van der Waals surface area contributed by atoms with Crippen LogP contribution in [0.4, 0.5) is 11.4 Å². The number of piperazine rings is 1. The van der Waals surface area contributed by atoms with Crippen molar-refractivity contribution in [1.29, 1.82) is 0 Å². The Labute approximate surface area is 156 Å². The summed E-state index contributed by atoms with van der Waals surface area (Å²) in [7, 11) is 0. The smallest absolute Gasteiger partial charge is 0.270 e. The summed E-state index contributed by atoms with van der Waals surface area (Å²) in [5, 5.41) is 11.5. The largest absolute Gasteiger partial charge is 0.367 e. The average Bonchev–Trinajstić information content (AvgIpc) is 2.67. The quantitative estimate of drug-likeness (QED) is 0.468. The predicted octanol–water partition coefficient (Wildman–Crippen LogP) is 3.61. The van der Waals surface area contributed by atoms with E-state index in [4.69, 9.17) is 11.6 Å². The van der Waals surface area contributed by atoms with E-state index in [1.54, 1.807) is 23.1 Å². The second-order valence-electron chi connectivity index (χ2n) is 5.95. The number of rotatable bonds is 4. The standard InChI is InChI=1S/C19H18ClN3O3/c20-17-6-1-2-7-18(17)21-10-12-22(13-11-21)19(24)9-8-15-4-3-5-16(14-15)23(25)26/h1-9,14H,10-13H2. The Bertz CT molecular complexity index is 845. The normalized spacial score (nSPS) is 14.7. The molecule has 1 aliphatic heterocycles. The monoisotopic (exact) mass is 371 g/mol. The molecule has 0 atom stereocenters. The highest BCUT2D eigenvalue weighted by atomic mass is 35.5. The van der Waals surface area contributed by atoms with Crippen LogP contribution in [0.25, 0.3) is 6.08 Å². The van der Waals surface area contributed by atoms with Gasteiger partial charge in [0, 0.05) is 44.4 Å². The molecule has 1 amide bonds. The summed E-state index contributed by atoms with van der Waals surface area (Å²) in [4.78, 5) is 26.6. The maximum absolute atomic E-state index is 12.4. The van der Waals surface area contributed by atoms with Crippen LogP contribution in [0.5, 0.6) is 0 Å². The minimum absolute atomic E-state index is 0.00736. The van der Waals surface area contributed by atoms with E-state index in [1.165, 1.54) is 18.2 Å². The summed E-state index contributed by atoms with van der Waals surface area (Å²) >= 11 is 6.23. The summed E-state index contributed by atoms with van der Waals surface area (Å²) in [5.41, 5.74) is 1.61. The second-order valence-corrected chi connectivity index (χ2v) is 6.36. The maximum Gasteiger partial charge on any atom is 0.270 e. The van der Waals surface area contributed by atoms with Crippen LogP contribution < -0.4 is 4.90 Å². The molecule has 1 saturated heterocycles. The van der Waals surface area contributed by atoms with Crippen molar-refractivity contribution >= 4 is 35.0 Å². The first-order chi connectivity index (χ1) is 12.5. The molecule has 1 heterocycles. The number of halogens is 1. The van der Waals surface area contributed by atoms with E-state index >= 15 is 0 Å². The maximum atomic E-state index is 12.4. The van der Waals surface area contributed by atoms with Gasteiger partial charge in [-0.05, 0) is 23.8 Å². The lowest BCUT2D eigenvalue weighted by molar-refractivity contribution is -0.384. The third-order valence-electron chi connectivity index (χ3n) is 4.28. The SMILES string of the molecule is O=C(C=Cc1cccc([N+](=O)[O-])c1)N1CCN(c2ccccc2Cl)CC1. The van der Waals surface area contributed by atoms with Gasteiger partial charge in [0.25, 0.3) is 5.69 Å². The molecule has 0 bridgehead atoms. The highest BCUT2D eigenvalue weighted by molar-refractivity contribution is 6.33. The van der Waals surface area contributed by atoms with Crippen molar-refractivity contribution in [3.63, 3.8) is 0 Å². The minimum Gasteiger partial charge on any atom is -0.367 e. The average molecular weight is 372 g/mol. The molecule has 3 rings (SSSR count). The van der Waals surface area contributed by atoms with Crippen LogP contribution in [0, 0.1) is 10.1 Å². The number of carbonyl (C=O) groups is 1. The van der Waals surface area contributed by atoms with Crippen LogP contribution in [-0.2, 0) is 4.79 Å². The van der Waals surface area contributed by atoms with E-state index in [1.807, 2.05) is 24.3 Å². The van der Waals surface area contributed by atoms with Crippen LogP contribution in [0.1, 0.15) is 5.56 Å². The van der Waals surface area contributed by atoms with E-state index in [-0.39, 0.29) is 11.6 Å². The van der Waals surface area contributed by atoms with E-state index < -0.39 is 4.92 Å². The topological polar surface area (TPSA) is 66.7 Å². The number of nitro benzene ring substituents is 1. The van der Waals surface area contributed by atoms with Crippen LogP contribution in [-0.4, -0.2) is 41.9 Å². The van der Waals surface area contributed by atoms with Crippen molar-refractivity contribution in [1.82, 2.24) is 4.90 Å². The number of non-ortho nitro benzene ring substituents is 1. The first-order valence-electron chi connectivity index (χ1n) is 8.25. The summed E-state index contributed by atoms with van der Waals surface area (Å²) in [6, 6.07) is 13.9. The van der Waals surface area contributed by atoms with Crippen LogP contribution in [0.3, 0.4) is 0 Å². The number of para-hydroxylation sites is 1. The lowest BCUT2D eigenvalue weighted by Crippen LogP contribution is -2.48. The fourth-order valence-electron chi connectivity index (χ4n) is 2.89. The third kappa shape index (κ3) is 4.21. The zero-order chi connectivity index (χ0) is 18.5. The molecular weight excluding hydrogens is 354 g/mol. The molecular formula is C19H18ClN3O3. The van der Waals surface area contributed by atoms with Crippen molar-refractivity contribution in [3.8, 4) is 0 Å². The van der Waals surface area contributed by atoms with Crippen LogP contribution in [0.15, 0.2) is 54.6 Å². The zero-order valence-corrected chi connectivity index (χ0v) is 14.8. The van der Waals surface area contributed by atoms with Crippen molar-refractivity contribution < 1.29 is 9.72 Å². The van der Waals surface area contributed by atoms with Gasteiger partial charge < -0.3 is 9.80 Å². The summed E-state index contributed by atoms with van der Waals surface area (Å²) in [6.07, 6.45) is 3.07. The van der Waals surface area contributed by atoms with Gasteiger partial charge in [-0.3, -0.25) is 14.9 Å². The van der Waals surface area contributed by atoms with E-state index in [0.29, 0.717) is 36.8 Å². The second kappa shape index (κ2) is 8.01. The van der Waals surface area contributed by atoms with Gasteiger partial charge in [-0.25, -0.2) is 0 Å². The van der Waals surface area contributed by atoms with Crippen molar-refractivity contribution in [2.75, 3.05) is 31.1 Å². The molecule has 0 spiro atoms. The first kappa shape index (κ1) is 17.9. The molecule has 0 saturated carbocycles. The Morgan fingerprint density at radius 2 is 1.81 bits per heavy atom. The molecule has 6 nitrogen and oxygen atoms in total. The number of hydrogen-bond acceptors (Lipinski definition) is 4. The molecule has 7 heteroatoms. The number of hydrogen-bond donors (Lipinski definition) is 0. The third-order valence-corrected chi connectivity index (χ3v) is 4.60. The number of nitrogens with zero attached hydrogens (tertiary/aromatic N) is 3. The fraction of sp³-hybridized carbons (Fsp3) is 0.211. The van der Waals surface area contributed by atoms with E-state index in [2.05, 4.69) is 4.90 Å². The molecule has 0 N–H and O–H groups in total. The predicted molar refractivity (Wildman–Crippen MR) is 102 cm³/mol. The molecule has 1 fully saturated rings. The molecule has 2 aromatic carbocycles. The van der Waals surface area contributed by atoms with E-state index in [9.17, 15) is 14.9 Å². The van der Waals surface area contributed by atoms with Crippen LogP contribution in [0.2, 0.25) is 5.02 Å². The Morgan fingerprint density at radius 3 is 2.50 bits per heavy atom. The number of carbonyl (C=O) groups excluding carboxylic acids is 1. The van der Waals surface area contributed by atoms with Crippen LogP contribution >= 0.6 is 11.6 Å². The van der Waals surface area contributed by atoms with Gasteiger partial charge in [-0.1, -0.05) is 35.9 Å². The lowest BCUT2D eigenvalue weighted by Gasteiger charge is -2.36. The molecule has 2 aromatic rings. The highest BCUT2D eigenvalue weighted by Crippen LogP contribution is 2.26. The molecule has 26 heavy (non-hydrogen) atoms. The summed E-state index contributed by atoms with van der Waals surface area (Å²) in [6.45, 7) is 2.62. The highest BCUT2D eigenvalue weighted by Gasteiger charge is 2.20. The molecule has 0 radical (unpaired) electrons. The number of amides is 1. The van der Waals surface area contributed by atoms with E-state index in [0.717, 1.165) is 5.69 Å². The fourth-order valence-corrected chi connectivity index (χ4v) is 3.15. The van der Waals surface area contributed by atoms with Crippen molar-refractivity contribution in [2.24, 2.45) is 0 Å². The molecule has 0 unspecified atom stereocenters. The summed E-state index contributed by atoms with van der Waals surface area (Å²) < 4.78 is 0. The molecule has 134 valence electrons. The van der Waals surface area contributed by atoms with Gasteiger partial charge in [-0.2, -0.15) is 0 Å².